The van der Waals surface area contributed by atoms with Gasteiger partial charge in [0.2, 0.25) is 0 Å². The topological polar surface area (TPSA) is 24.9 Å². The number of hydrogen-bond acceptors (Lipinski definition) is 2. The van der Waals surface area contributed by atoms with E-state index in [2.05, 4.69) is 28.5 Å². The van der Waals surface area contributed by atoms with Crippen molar-refractivity contribution in [3.63, 3.8) is 0 Å². The monoisotopic (exact) mass is 296 g/mol. The third kappa shape index (κ3) is 2.65. The molecule has 0 radical (unpaired) electrons. The first-order chi connectivity index (χ1) is 10.2. The van der Waals surface area contributed by atoms with Crippen LogP contribution in [0.15, 0.2) is 54.7 Å². The van der Waals surface area contributed by atoms with Crippen molar-refractivity contribution in [2.45, 2.75) is 13.0 Å². The lowest BCUT2D eigenvalue weighted by Crippen LogP contribution is -2.18. The summed E-state index contributed by atoms with van der Waals surface area (Å²) in [6.07, 6.45) is 1.92. The molecule has 3 aromatic rings. The van der Waals surface area contributed by atoms with E-state index >= 15 is 0 Å². The summed E-state index contributed by atoms with van der Waals surface area (Å²) in [5, 5.41) is 5.29. The van der Waals surface area contributed by atoms with E-state index < -0.39 is 0 Å². The lowest BCUT2D eigenvalue weighted by atomic mass is 9.97. The van der Waals surface area contributed by atoms with Gasteiger partial charge in [0.25, 0.3) is 0 Å². The van der Waals surface area contributed by atoms with Crippen LogP contribution in [0.3, 0.4) is 0 Å². The van der Waals surface area contributed by atoms with Crippen molar-refractivity contribution in [2.24, 2.45) is 0 Å². The molecule has 1 aromatic heterocycles. The Hall–Kier alpha value is -1.90. The van der Waals surface area contributed by atoms with Crippen LogP contribution in [0.2, 0.25) is 5.02 Å². The summed E-state index contributed by atoms with van der Waals surface area (Å²) in [5.41, 5.74) is 4.29. The molecule has 0 saturated carbocycles. The van der Waals surface area contributed by atoms with Crippen LogP contribution < -0.4 is 5.32 Å². The largest absolute Gasteiger partial charge is 0.309 e. The van der Waals surface area contributed by atoms with Gasteiger partial charge >= 0.3 is 0 Å². The first-order valence-corrected chi connectivity index (χ1v) is 7.35. The Balaban J connectivity index is 2.11. The number of nitrogens with zero attached hydrogens (tertiary/aromatic N) is 1. The molecule has 0 amide bonds. The summed E-state index contributed by atoms with van der Waals surface area (Å²) in [7, 11) is 1.94. The van der Waals surface area contributed by atoms with Crippen LogP contribution in [0.5, 0.6) is 0 Å². The minimum absolute atomic E-state index is 0.0366. The predicted molar refractivity (Wildman–Crippen MR) is 88.8 cm³/mol. The van der Waals surface area contributed by atoms with Gasteiger partial charge in [-0.3, -0.25) is 4.98 Å². The highest BCUT2D eigenvalue weighted by Gasteiger charge is 2.16. The fraction of sp³-hybridized carbons (Fsp3) is 0.167. The number of aromatic nitrogens is 1. The number of pyridine rings is 1. The normalized spacial score (nSPS) is 12.5. The van der Waals surface area contributed by atoms with Gasteiger partial charge < -0.3 is 5.32 Å². The maximum absolute atomic E-state index is 6.47. The lowest BCUT2D eigenvalue weighted by molar-refractivity contribution is 0.690. The summed E-state index contributed by atoms with van der Waals surface area (Å²) < 4.78 is 0. The third-order valence-corrected chi connectivity index (χ3v) is 4.28. The van der Waals surface area contributed by atoms with Crippen LogP contribution in [-0.2, 0) is 0 Å². The Kier molecular flexibility index (Phi) is 3.91. The highest BCUT2D eigenvalue weighted by Crippen LogP contribution is 2.31. The van der Waals surface area contributed by atoms with Crippen LogP contribution >= 0.6 is 11.6 Å². The van der Waals surface area contributed by atoms with Crippen LogP contribution in [0.25, 0.3) is 10.9 Å². The van der Waals surface area contributed by atoms with E-state index in [4.69, 9.17) is 11.6 Å². The molecular weight excluding hydrogens is 280 g/mol. The number of nitrogens with one attached hydrogen (secondary N) is 1. The highest BCUT2D eigenvalue weighted by atomic mass is 35.5. The van der Waals surface area contributed by atoms with Gasteiger partial charge in [-0.2, -0.15) is 0 Å². The minimum atomic E-state index is 0.0366. The van der Waals surface area contributed by atoms with Crippen LogP contribution in [0, 0.1) is 6.92 Å². The first kappa shape index (κ1) is 14.1. The zero-order valence-corrected chi connectivity index (χ0v) is 12.9. The van der Waals surface area contributed by atoms with Crippen molar-refractivity contribution < 1.29 is 0 Å². The van der Waals surface area contributed by atoms with E-state index in [1.807, 2.05) is 50.5 Å². The smallest absolute Gasteiger partial charge is 0.0702 e. The molecule has 2 nitrogen and oxygen atoms in total. The van der Waals surface area contributed by atoms with Crippen LogP contribution in [-0.4, -0.2) is 12.0 Å². The van der Waals surface area contributed by atoms with Gasteiger partial charge in [0.1, 0.15) is 0 Å². The Labute approximate surface area is 129 Å². The van der Waals surface area contributed by atoms with Crippen molar-refractivity contribution in [3.8, 4) is 0 Å². The van der Waals surface area contributed by atoms with E-state index in [1.54, 1.807) is 0 Å². The maximum Gasteiger partial charge on any atom is 0.0702 e. The predicted octanol–water partition coefficient (Wildman–Crippen LogP) is 4.51. The molecule has 0 spiro atoms. The molecule has 0 aliphatic carbocycles. The quantitative estimate of drug-likeness (QED) is 0.769. The Bertz CT molecular complexity index is 783. The number of para-hydroxylation sites is 1. The number of halogens is 1. The molecule has 1 heterocycles. The van der Waals surface area contributed by atoms with Gasteiger partial charge in [0.15, 0.2) is 0 Å². The summed E-state index contributed by atoms with van der Waals surface area (Å²) in [4.78, 5) is 4.54. The van der Waals surface area contributed by atoms with Crippen molar-refractivity contribution in [3.05, 3.63) is 76.4 Å². The van der Waals surface area contributed by atoms with E-state index in [1.165, 1.54) is 0 Å². The zero-order chi connectivity index (χ0) is 14.8. The van der Waals surface area contributed by atoms with E-state index in [0.717, 1.165) is 32.6 Å². The first-order valence-electron chi connectivity index (χ1n) is 6.97. The molecule has 1 N–H and O–H groups in total. The molecular formula is C18H17ClN2. The van der Waals surface area contributed by atoms with Gasteiger partial charge in [-0.15, -0.1) is 0 Å². The second kappa shape index (κ2) is 5.84. The lowest BCUT2D eigenvalue weighted by Gasteiger charge is -2.19. The average molecular weight is 297 g/mol. The molecule has 3 rings (SSSR count). The number of aryl methyl sites for hydroxylation is 1. The summed E-state index contributed by atoms with van der Waals surface area (Å²) in [6, 6.07) is 16.5. The van der Waals surface area contributed by atoms with Crippen molar-refractivity contribution in [1.29, 1.82) is 0 Å². The molecule has 0 aliphatic rings. The minimum Gasteiger partial charge on any atom is -0.309 e. The van der Waals surface area contributed by atoms with E-state index in [-0.39, 0.29) is 6.04 Å². The Morgan fingerprint density at radius 2 is 1.90 bits per heavy atom. The second-order valence-electron chi connectivity index (χ2n) is 5.16. The molecule has 0 bridgehead atoms. The van der Waals surface area contributed by atoms with Crippen molar-refractivity contribution in [1.82, 2.24) is 10.3 Å². The van der Waals surface area contributed by atoms with Gasteiger partial charge in [-0.1, -0.05) is 48.0 Å². The number of fused-ring (bicyclic) bond motifs is 1. The van der Waals surface area contributed by atoms with Crippen molar-refractivity contribution in [2.75, 3.05) is 7.05 Å². The summed E-state index contributed by atoms with van der Waals surface area (Å²) in [6.45, 7) is 2.02. The molecule has 0 saturated heterocycles. The van der Waals surface area contributed by atoms with E-state index in [0.29, 0.717) is 0 Å². The van der Waals surface area contributed by atoms with Crippen LogP contribution in [0.4, 0.5) is 0 Å². The standard InChI is InChI=1S/C18H17ClN2/c1-12-6-5-8-15(17(12)19)18(20-2)14-10-13-7-3-4-9-16(13)21-11-14/h3-11,18,20H,1-2H3. The molecule has 1 atom stereocenters. The van der Waals surface area contributed by atoms with Gasteiger partial charge in [0, 0.05) is 16.6 Å². The molecule has 21 heavy (non-hydrogen) atoms. The van der Waals surface area contributed by atoms with Gasteiger partial charge in [-0.05, 0) is 42.8 Å². The number of hydrogen-bond donors (Lipinski definition) is 1. The highest BCUT2D eigenvalue weighted by molar-refractivity contribution is 6.32. The second-order valence-corrected chi connectivity index (χ2v) is 5.54. The number of rotatable bonds is 3. The molecule has 1 unspecified atom stereocenters. The molecule has 0 fully saturated rings. The van der Waals surface area contributed by atoms with Crippen LogP contribution in [0.1, 0.15) is 22.7 Å². The fourth-order valence-electron chi connectivity index (χ4n) is 2.64. The zero-order valence-electron chi connectivity index (χ0n) is 12.1. The van der Waals surface area contributed by atoms with Gasteiger partial charge in [0.05, 0.1) is 11.6 Å². The maximum atomic E-state index is 6.47. The van der Waals surface area contributed by atoms with Crippen molar-refractivity contribution >= 4 is 22.5 Å². The summed E-state index contributed by atoms with van der Waals surface area (Å²) in [5.74, 6) is 0. The molecule has 3 heteroatoms. The molecule has 0 aliphatic heterocycles. The Morgan fingerprint density at radius 1 is 1.10 bits per heavy atom. The fourth-order valence-corrected chi connectivity index (χ4v) is 2.88. The van der Waals surface area contributed by atoms with E-state index in [9.17, 15) is 0 Å². The average Bonchev–Trinajstić information content (AvgIpc) is 2.52. The SMILES string of the molecule is CNC(c1cnc2ccccc2c1)c1cccc(C)c1Cl. The summed E-state index contributed by atoms with van der Waals surface area (Å²) >= 11 is 6.47. The number of benzene rings is 2. The Morgan fingerprint density at radius 3 is 2.71 bits per heavy atom. The van der Waals surface area contributed by atoms with Gasteiger partial charge in [-0.25, -0.2) is 0 Å². The molecule has 106 valence electrons. The molecule has 2 aromatic carbocycles. The third-order valence-electron chi connectivity index (χ3n) is 3.77.